The molecule has 4 rings (SSSR count). The highest BCUT2D eigenvalue weighted by molar-refractivity contribution is 5.97. The molecule has 1 unspecified atom stereocenters. The van der Waals surface area contributed by atoms with Gasteiger partial charge in [-0.2, -0.15) is 0 Å². The quantitative estimate of drug-likeness (QED) is 0.192. The summed E-state index contributed by atoms with van der Waals surface area (Å²) >= 11 is 0. The predicted molar refractivity (Wildman–Crippen MR) is 158 cm³/mol. The summed E-state index contributed by atoms with van der Waals surface area (Å²) in [5.41, 5.74) is 7.60. The van der Waals surface area contributed by atoms with Crippen molar-refractivity contribution in [3.63, 3.8) is 0 Å². The molecular weight excluding hydrogens is 516 g/mol. The standard InChI is InChI=1S/C34H36N2O5/c1-6-7-12-30-29(21-23-13-15-24(16-14-23)27-10-8-9-11-28(27)34(38)41-5)31(36-22(2)35-30)32(39-3)25-17-19-26(20-18-25)33(37)40-4/h8-11,13-20,32H,6-7,12,21H2,1-5H3. The van der Waals surface area contributed by atoms with E-state index in [2.05, 4.69) is 19.1 Å². The van der Waals surface area contributed by atoms with E-state index in [-0.39, 0.29) is 11.9 Å². The van der Waals surface area contributed by atoms with E-state index in [1.54, 1.807) is 25.3 Å². The molecule has 0 fully saturated rings. The molecule has 0 spiro atoms. The summed E-state index contributed by atoms with van der Waals surface area (Å²) in [6.45, 7) is 4.07. The highest BCUT2D eigenvalue weighted by Gasteiger charge is 2.24. The smallest absolute Gasteiger partial charge is 0.338 e. The number of benzene rings is 3. The van der Waals surface area contributed by atoms with Crippen molar-refractivity contribution in [2.24, 2.45) is 0 Å². The van der Waals surface area contributed by atoms with E-state index >= 15 is 0 Å². The van der Waals surface area contributed by atoms with Crippen LogP contribution in [0.4, 0.5) is 0 Å². The topological polar surface area (TPSA) is 87.6 Å². The summed E-state index contributed by atoms with van der Waals surface area (Å²) < 4.78 is 15.8. The molecule has 0 bridgehead atoms. The second-order valence-corrected chi connectivity index (χ2v) is 9.83. The number of ether oxygens (including phenoxy) is 3. The van der Waals surface area contributed by atoms with Crippen LogP contribution >= 0.6 is 0 Å². The minimum absolute atomic E-state index is 0.364. The van der Waals surface area contributed by atoms with E-state index < -0.39 is 6.10 Å². The summed E-state index contributed by atoms with van der Waals surface area (Å²) in [5.74, 6) is -0.0571. The van der Waals surface area contributed by atoms with Crippen LogP contribution in [0.25, 0.3) is 11.1 Å². The van der Waals surface area contributed by atoms with Crippen LogP contribution in [0.3, 0.4) is 0 Å². The SMILES string of the molecule is CCCCc1nc(C)nc(C(OC)c2ccc(C(=O)OC)cc2)c1Cc1ccc(-c2ccccc2C(=O)OC)cc1. The molecule has 0 saturated carbocycles. The Balaban J connectivity index is 1.73. The molecule has 41 heavy (non-hydrogen) atoms. The first-order valence-electron chi connectivity index (χ1n) is 13.7. The fourth-order valence-electron chi connectivity index (χ4n) is 4.98. The number of aryl methyl sites for hydroxylation is 2. The molecule has 0 aliphatic heterocycles. The number of hydrogen-bond donors (Lipinski definition) is 0. The molecule has 7 heteroatoms. The van der Waals surface area contributed by atoms with Gasteiger partial charge in [-0.15, -0.1) is 0 Å². The number of carbonyl (C=O) groups excluding carboxylic acids is 2. The number of rotatable bonds is 11. The number of hydrogen-bond acceptors (Lipinski definition) is 7. The van der Waals surface area contributed by atoms with Gasteiger partial charge in [-0.25, -0.2) is 19.6 Å². The van der Waals surface area contributed by atoms with Gasteiger partial charge in [0.25, 0.3) is 0 Å². The van der Waals surface area contributed by atoms with Gasteiger partial charge in [-0.3, -0.25) is 0 Å². The zero-order chi connectivity index (χ0) is 29.4. The maximum Gasteiger partial charge on any atom is 0.338 e. The van der Waals surface area contributed by atoms with Gasteiger partial charge in [0, 0.05) is 24.8 Å². The third kappa shape index (κ3) is 6.87. The summed E-state index contributed by atoms with van der Waals surface area (Å²) in [6.07, 6.45) is 3.08. The van der Waals surface area contributed by atoms with Crippen LogP contribution in [0.5, 0.6) is 0 Å². The lowest BCUT2D eigenvalue weighted by Crippen LogP contribution is -2.15. The Hall–Kier alpha value is -4.36. The van der Waals surface area contributed by atoms with Crippen LogP contribution in [0.2, 0.25) is 0 Å². The molecule has 1 aromatic heterocycles. The average molecular weight is 553 g/mol. The van der Waals surface area contributed by atoms with Gasteiger partial charge >= 0.3 is 11.9 Å². The number of carbonyl (C=O) groups is 2. The van der Waals surface area contributed by atoms with Crippen LogP contribution in [-0.4, -0.2) is 43.2 Å². The minimum Gasteiger partial charge on any atom is -0.465 e. The highest BCUT2D eigenvalue weighted by atomic mass is 16.5. The van der Waals surface area contributed by atoms with Crippen LogP contribution in [-0.2, 0) is 27.1 Å². The number of aromatic nitrogens is 2. The van der Waals surface area contributed by atoms with Crippen molar-refractivity contribution in [1.29, 1.82) is 0 Å². The van der Waals surface area contributed by atoms with Gasteiger partial charge < -0.3 is 14.2 Å². The maximum atomic E-state index is 12.3. The first kappa shape index (κ1) is 29.6. The number of esters is 2. The number of nitrogens with zero attached hydrogens (tertiary/aromatic N) is 2. The van der Waals surface area contributed by atoms with Crippen LogP contribution in [0.15, 0.2) is 72.8 Å². The Morgan fingerprint density at radius 1 is 0.829 bits per heavy atom. The van der Waals surface area contributed by atoms with Crippen LogP contribution in [0, 0.1) is 6.92 Å². The van der Waals surface area contributed by atoms with Crippen molar-refractivity contribution in [3.05, 3.63) is 118 Å². The zero-order valence-corrected chi connectivity index (χ0v) is 24.3. The normalized spacial score (nSPS) is 11.6. The highest BCUT2D eigenvalue weighted by Crippen LogP contribution is 2.32. The molecule has 0 saturated heterocycles. The van der Waals surface area contributed by atoms with E-state index in [4.69, 9.17) is 24.2 Å². The summed E-state index contributed by atoms with van der Waals surface area (Å²) in [6, 6.07) is 22.9. The third-order valence-corrected chi connectivity index (χ3v) is 7.10. The van der Waals surface area contributed by atoms with E-state index in [1.165, 1.54) is 14.2 Å². The van der Waals surface area contributed by atoms with Crippen molar-refractivity contribution in [3.8, 4) is 11.1 Å². The van der Waals surface area contributed by atoms with E-state index in [0.717, 1.165) is 58.5 Å². The first-order chi connectivity index (χ1) is 19.9. The molecule has 0 aliphatic rings. The molecule has 212 valence electrons. The Labute approximate surface area is 241 Å². The van der Waals surface area contributed by atoms with Crippen molar-refractivity contribution in [2.45, 2.75) is 45.6 Å². The van der Waals surface area contributed by atoms with E-state index in [0.29, 0.717) is 23.4 Å². The van der Waals surface area contributed by atoms with Gasteiger partial charge in [0.05, 0.1) is 31.0 Å². The molecule has 1 heterocycles. The van der Waals surface area contributed by atoms with Gasteiger partial charge in [-0.1, -0.05) is 67.9 Å². The largest absolute Gasteiger partial charge is 0.465 e. The Morgan fingerprint density at radius 2 is 1.51 bits per heavy atom. The lowest BCUT2D eigenvalue weighted by atomic mass is 9.92. The molecule has 0 N–H and O–H groups in total. The molecule has 0 aliphatic carbocycles. The van der Waals surface area contributed by atoms with Crippen molar-refractivity contribution in [2.75, 3.05) is 21.3 Å². The second kappa shape index (κ2) is 13.8. The summed E-state index contributed by atoms with van der Waals surface area (Å²) in [4.78, 5) is 34.0. The fourth-order valence-corrected chi connectivity index (χ4v) is 4.98. The van der Waals surface area contributed by atoms with Crippen molar-refractivity contribution in [1.82, 2.24) is 9.97 Å². The fraction of sp³-hybridized carbons (Fsp3) is 0.294. The van der Waals surface area contributed by atoms with Crippen LogP contribution in [0.1, 0.15) is 80.5 Å². The second-order valence-electron chi connectivity index (χ2n) is 9.83. The van der Waals surface area contributed by atoms with Gasteiger partial charge in [-0.05, 0) is 60.2 Å². The monoisotopic (exact) mass is 552 g/mol. The first-order valence-corrected chi connectivity index (χ1v) is 13.7. The molecule has 7 nitrogen and oxygen atoms in total. The zero-order valence-electron chi connectivity index (χ0n) is 24.3. The van der Waals surface area contributed by atoms with E-state index in [9.17, 15) is 9.59 Å². The van der Waals surface area contributed by atoms with Gasteiger partial charge in [0.2, 0.25) is 0 Å². The number of methoxy groups -OCH3 is 3. The molecule has 3 aromatic carbocycles. The van der Waals surface area contributed by atoms with Crippen molar-refractivity contribution >= 4 is 11.9 Å². The third-order valence-electron chi connectivity index (χ3n) is 7.10. The Kier molecular flexibility index (Phi) is 9.98. The Morgan fingerprint density at radius 3 is 2.15 bits per heavy atom. The molecule has 4 aromatic rings. The van der Waals surface area contributed by atoms with E-state index in [1.807, 2.05) is 49.4 Å². The average Bonchev–Trinajstić information content (AvgIpc) is 3.01. The minimum atomic E-state index is -0.440. The summed E-state index contributed by atoms with van der Waals surface area (Å²) in [5, 5.41) is 0. The van der Waals surface area contributed by atoms with Gasteiger partial charge in [0.15, 0.2) is 0 Å². The van der Waals surface area contributed by atoms with Crippen LogP contribution < -0.4 is 0 Å². The lowest BCUT2D eigenvalue weighted by Gasteiger charge is -2.22. The number of unbranched alkanes of at least 4 members (excludes halogenated alkanes) is 1. The maximum absolute atomic E-state index is 12.3. The predicted octanol–water partition coefficient (Wildman–Crippen LogP) is 6.69. The van der Waals surface area contributed by atoms with Gasteiger partial charge in [0.1, 0.15) is 11.9 Å². The Bertz CT molecular complexity index is 1500. The summed E-state index contributed by atoms with van der Waals surface area (Å²) in [7, 11) is 4.42. The molecule has 0 amide bonds. The molecular formula is C34H36N2O5. The molecule has 1 atom stereocenters. The van der Waals surface area contributed by atoms with Crippen molar-refractivity contribution < 1.29 is 23.8 Å². The lowest BCUT2D eigenvalue weighted by molar-refractivity contribution is 0.0592. The molecule has 0 radical (unpaired) electrons.